The number of carbonyl (C=O) groups excluding carboxylic acids is 1. The number of nitro groups is 1. The van der Waals surface area contributed by atoms with Crippen molar-refractivity contribution >= 4 is 35.0 Å². The first-order valence-electron chi connectivity index (χ1n) is 11.2. The van der Waals surface area contributed by atoms with Crippen molar-refractivity contribution in [3.63, 3.8) is 0 Å². The lowest BCUT2D eigenvalue weighted by molar-refractivity contribution is -0.384. The largest absolute Gasteiger partial charge is 0.288 e. The summed E-state index contributed by atoms with van der Waals surface area (Å²) in [6.07, 6.45) is 4.95. The summed E-state index contributed by atoms with van der Waals surface area (Å²) in [7, 11) is 0. The molecule has 1 saturated carbocycles. The van der Waals surface area contributed by atoms with Gasteiger partial charge in [0, 0.05) is 17.5 Å². The summed E-state index contributed by atoms with van der Waals surface area (Å²) in [5, 5.41) is 17.7. The van der Waals surface area contributed by atoms with E-state index in [9.17, 15) is 14.9 Å². The predicted molar refractivity (Wildman–Crippen MR) is 133 cm³/mol. The first kappa shape index (κ1) is 22.0. The summed E-state index contributed by atoms with van der Waals surface area (Å²) in [6.45, 7) is 0. The molecule has 0 saturated heterocycles. The molecule has 1 heterocycles. The lowest BCUT2D eigenvalue weighted by atomic mass is 9.77. The second-order valence-electron chi connectivity index (χ2n) is 8.49. The molecule has 0 spiro atoms. The van der Waals surface area contributed by atoms with Gasteiger partial charge in [-0.1, -0.05) is 72.3 Å². The van der Waals surface area contributed by atoms with Crippen molar-refractivity contribution in [3.05, 3.63) is 116 Å². The number of hydrogen-bond donors (Lipinski definition) is 0. The molecule has 2 atom stereocenters. The first-order chi connectivity index (χ1) is 16.5. The Morgan fingerprint density at radius 3 is 2.47 bits per heavy atom. The third-order valence-corrected chi connectivity index (χ3v) is 6.70. The minimum Gasteiger partial charge on any atom is -0.267 e. The fraction of sp³-hybridized carbons (Fsp3) is 0.185. The molecule has 1 amide bonds. The van der Waals surface area contributed by atoms with Gasteiger partial charge < -0.3 is 0 Å². The Kier molecular flexibility index (Phi) is 5.99. The average Bonchev–Trinajstić information content (AvgIpc) is 3.25. The van der Waals surface area contributed by atoms with Crippen LogP contribution in [0.25, 0.3) is 6.08 Å². The lowest BCUT2D eigenvalue weighted by Crippen LogP contribution is -2.31. The lowest BCUT2D eigenvalue weighted by Gasteiger charge is -2.29. The smallest absolute Gasteiger partial charge is 0.267 e. The van der Waals surface area contributed by atoms with Gasteiger partial charge in [0.15, 0.2) is 0 Å². The Labute approximate surface area is 202 Å². The number of allylic oxidation sites excluding steroid dienone is 1. The molecule has 0 radical (unpaired) electrons. The number of fused-ring (bicyclic) bond motifs is 1. The molecule has 34 heavy (non-hydrogen) atoms. The van der Waals surface area contributed by atoms with Crippen molar-refractivity contribution in [2.75, 3.05) is 0 Å². The van der Waals surface area contributed by atoms with Gasteiger partial charge in [0.2, 0.25) is 0 Å². The van der Waals surface area contributed by atoms with E-state index in [0.29, 0.717) is 0 Å². The van der Waals surface area contributed by atoms with E-state index in [-0.39, 0.29) is 34.1 Å². The number of hydrazone groups is 1. The van der Waals surface area contributed by atoms with Gasteiger partial charge in [-0.15, -0.1) is 0 Å². The van der Waals surface area contributed by atoms with Gasteiger partial charge in [-0.25, -0.2) is 5.01 Å². The van der Waals surface area contributed by atoms with Gasteiger partial charge in [-0.2, -0.15) is 5.10 Å². The van der Waals surface area contributed by atoms with E-state index in [1.165, 1.54) is 23.2 Å². The van der Waals surface area contributed by atoms with Crippen LogP contribution < -0.4 is 0 Å². The van der Waals surface area contributed by atoms with Crippen molar-refractivity contribution in [2.45, 2.75) is 25.3 Å². The van der Waals surface area contributed by atoms with Crippen LogP contribution in [-0.2, 0) is 0 Å². The van der Waals surface area contributed by atoms with E-state index >= 15 is 0 Å². The van der Waals surface area contributed by atoms with Gasteiger partial charge in [0.05, 0.1) is 16.7 Å². The topological polar surface area (TPSA) is 75.8 Å². The normalized spacial score (nSPS) is 20.7. The van der Waals surface area contributed by atoms with Crippen molar-refractivity contribution in [3.8, 4) is 0 Å². The molecule has 2 aliphatic rings. The van der Waals surface area contributed by atoms with Gasteiger partial charge in [-0.3, -0.25) is 14.9 Å². The molecule has 0 N–H and O–H groups in total. The van der Waals surface area contributed by atoms with Gasteiger partial charge >= 0.3 is 0 Å². The van der Waals surface area contributed by atoms with E-state index < -0.39 is 4.92 Å². The minimum absolute atomic E-state index is 0.00403. The third-order valence-electron chi connectivity index (χ3n) is 6.38. The molecule has 5 rings (SSSR count). The number of hydrogen-bond acceptors (Lipinski definition) is 4. The zero-order chi connectivity index (χ0) is 23.7. The fourth-order valence-electron chi connectivity index (χ4n) is 4.82. The average molecular weight is 472 g/mol. The van der Waals surface area contributed by atoms with Crippen LogP contribution in [-0.4, -0.2) is 21.6 Å². The highest BCUT2D eigenvalue weighted by molar-refractivity contribution is 6.32. The highest BCUT2D eigenvalue weighted by Crippen LogP contribution is 2.45. The van der Waals surface area contributed by atoms with Gasteiger partial charge in [-0.05, 0) is 54.2 Å². The van der Waals surface area contributed by atoms with E-state index in [2.05, 4.69) is 18.2 Å². The molecule has 170 valence electrons. The van der Waals surface area contributed by atoms with Crippen LogP contribution in [0.5, 0.6) is 0 Å². The summed E-state index contributed by atoms with van der Waals surface area (Å²) >= 11 is 5.97. The van der Waals surface area contributed by atoms with Gasteiger partial charge in [0.1, 0.15) is 5.02 Å². The molecule has 7 heteroatoms. The predicted octanol–water partition coefficient (Wildman–Crippen LogP) is 6.69. The number of amides is 1. The Morgan fingerprint density at radius 1 is 1.06 bits per heavy atom. The van der Waals surface area contributed by atoms with Crippen LogP contribution in [0.4, 0.5) is 5.69 Å². The van der Waals surface area contributed by atoms with Gasteiger partial charge in [0.25, 0.3) is 11.6 Å². The van der Waals surface area contributed by atoms with Crippen molar-refractivity contribution in [2.24, 2.45) is 11.0 Å². The van der Waals surface area contributed by atoms with E-state index in [0.717, 1.165) is 41.7 Å². The number of nitrogens with zero attached hydrogens (tertiary/aromatic N) is 3. The molecule has 0 unspecified atom stereocenters. The van der Waals surface area contributed by atoms with Crippen LogP contribution in [0.15, 0.2) is 89.5 Å². The molecule has 3 aromatic carbocycles. The van der Waals surface area contributed by atoms with Crippen LogP contribution in [0.1, 0.15) is 46.8 Å². The maximum Gasteiger partial charge on any atom is 0.288 e. The standard InChI is InChI=1S/C27H22ClN3O3/c28-23-15-14-21(17-24(23)31(33)34)27(32)30-26(19-10-5-2-6-11-19)22-13-7-12-20(25(22)29-30)16-18-8-3-1-4-9-18/h1-6,8-11,14-17,22,26H,7,12-13H2/b20-16+/t22-,26+/m0/s1. The Bertz CT molecular complexity index is 1310. The first-order valence-corrected chi connectivity index (χ1v) is 11.6. The number of nitro benzene ring substituents is 1. The van der Waals surface area contributed by atoms with Crippen molar-refractivity contribution in [1.29, 1.82) is 0 Å². The summed E-state index contributed by atoms with van der Waals surface area (Å²) in [5.41, 5.74) is 4.02. The van der Waals surface area contributed by atoms with Crippen LogP contribution in [0.3, 0.4) is 0 Å². The maximum atomic E-state index is 13.7. The van der Waals surface area contributed by atoms with E-state index in [4.69, 9.17) is 16.7 Å². The zero-order valence-corrected chi connectivity index (χ0v) is 19.1. The molecule has 1 fully saturated rings. The molecular formula is C27H22ClN3O3. The van der Waals surface area contributed by atoms with E-state index in [1.54, 1.807) is 0 Å². The summed E-state index contributed by atoms with van der Waals surface area (Å²) in [6, 6.07) is 23.8. The molecule has 3 aromatic rings. The Hall–Kier alpha value is -3.77. The quantitative estimate of drug-likeness (QED) is 0.314. The third kappa shape index (κ3) is 4.13. The molecule has 0 bridgehead atoms. The van der Waals surface area contributed by atoms with Crippen LogP contribution in [0, 0.1) is 16.0 Å². The summed E-state index contributed by atoms with van der Waals surface area (Å²) < 4.78 is 0. The van der Waals surface area contributed by atoms with Crippen LogP contribution in [0.2, 0.25) is 5.02 Å². The highest BCUT2D eigenvalue weighted by Gasteiger charge is 2.44. The fourth-order valence-corrected chi connectivity index (χ4v) is 5.01. The van der Waals surface area contributed by atoms with Crippen molar-refractivity contribution < 1.29 is 9.72 Å². The molecule has 0 aromatic heterocycles. The monoisotopic (exact) mass is 471 g/mol. The maximum absolute atomic E-state index is 13.7. The van der Waals surface area contributed by atoms with E-state index in [1.807, 2.05) is 48.5 Å². The molecular weight excluding hydrogens is 450 g/mol. The number of halogens is 1. The Balaban J connectivity index is 1.59. The van der Waals surface area contributed by atoms with Crippen molar-refractivity contribution in [1.82, 2.24) is 5.01 Å². The second kappa shape index (κ2) is 9.23. The highest BCUT2D eigenvalue weighted by atomic mass is 35.5. The molecule has 1 aliphatic carbocycles. The SMILES string of the molecule is O=C(c1ccc(Cl)c([N+](=O)[O-])c1)N1N=C2/C(=C/c3ccccc3)CCC[C@@H]2[C@H]1c1ccccc1. The van der Waals surface area contributed by atoms with Crippen LogP contribution >= 0.6 is 11.6 Å². The molecule has 1 aliphatic heterocycles. The number of carbonyl (C=O) groups is 1. The minimum atomic E-state index is -0.579. The summed E-state index contributed by atoms with van der Waals surface area (Å²) in [4.78, 5) is 24.5. The summed E-state index contributed by atoms with van der Waals surface area (Å²) in [5.74, 6) is -0.327. The Morgan fingerprint density at radius 2 is 1.76 bits per heavy atom. The number of rotatable bonds is 4. The number of benzene rings is 3. The second-order valence-corrected chi connectivity index (χ2v) is 8.90. The zero-order valence-electron chi connectivity index (χ0n) is 18.3. The molecule has 6 nitrogen and oxygen atoms in total.